The molecule has 0 aromatic rings. The summed E-state index contributed by atoms with van der Waals surface area (Å²) in [4.78, 5) is 10.9. The molecule has 0 atom stereocenters. The Kier molecular flexibility index (Phi) is 13.6. The van der Waals surface area contributed by atoms with Gasteiger partial charge >= 0.3 is 0 Å². The smallest absolute Gasteiger partial charge is 0.222 e. The number of rotatable bonds is 6. The van der Waals surface area contributed by atoms with Crippen LogP contribution in [-0.4, -0.2) is 25.7 Å². The van der Waals surface area contributed by atoms with Gasteiger partial charge in [0.15, 0.2) is 0 Å². The van der Waals surface area contributed by atoms with Crippen LogP contribution in [0.15, 0.2) is 0 Å². The Balaban J connectivity index is 0. The second-order valence-corrected chi connectivity index (χ2v) is 2.21. The average Bonchev–Trinajstić information content (AvgIpc) is 2.01. The van der Waals surface area contributed by atoms with E-state index in [0.717, 1.165) is 13.0 Å². The fraction of sp³-hybridized carbons (Fsp3) is 0.750. The average molecular weight is 342 g/mol. The molecular weight excluding hydrogens is 326 g/mol. The Labute approximate surface area is 88.5 Å². The van der Waals surface area contributed by atoms with Crippen LogP contribution in [0.25, 0.3) is 0 Å². The molecule has 0 aliphatic heterocycles. The molecule has 0 aliphatic rings. The normalized spacial score (nSPS) is 8.83. The van der Waals surface area contributed by atoms with E-state index < -0.39 is 0 Å². The second kappa shape index (κ2) is 11.1. The van der Waals surface area contributed by atoms with Gasteiger partial charge in [-0.3, -0.25) is 4.79 Å². The molecule has 72 valence electrons. The molecule has 0 aliphatic carbocycles. The van der Waals surface area contributed by atoms with Crippen molar-refractivity contribution in [2.75, 3.05) is 19.8 Å². The predicted octanol–water partition coefficient (Wildman–Crippen LogP) is 0.751. The van der Waals surface area contributed by atoms with Crippen LogP contribution in [0.2, 0.25) is 0 Å². The first-order valence-corrected chi connectivity index (χ1v) is 3.95. The van der Waals surface area contributed by atoms with E-state index in [0.29, 0.717) is 19.6 Å². The molecule has 0 unspecified atom stereocenters. The van der Waals surface area contributed by atoms with Crippen molar-refractivity contribution < 1.29 is 30.6 Å². The Bertz CT molecular complexity index is 109. The topological polar surface area (TPSA) is 38.3 Å². The zero-order valence-electron chi connectivity index (χ0n) is 7.47. The van der Waals surface area contributed by atoms with Crippen molar-refractivity contribution in [2.24, 2.45) is 0 Å². The van der Waals surface area contributed by atoms with Gasteiger partial charge in [-0.25, -0.2) is 0 Å². The molecule has 0 radical (unpaired) electrons. The minimum Gasteiger partial charge on any atom is -0.413 e. The van der Waals surface area contributed by atoms with Gasteiger partial charge in [0.25, 0.3) is 0 Å². The van der Waals surface area contributed by atoms with E-state index in [2.05, 4.69) is 12.2 Å². The number of ether oxygens (including phenoxy) is 1. The zero-order chi connectivity index (χ0) is 8.53. The fourth-order valence-electron chi connectivity index (χ4n) is 0.620. The van der Waals surface area contributed by atoms with Crippen LogP contribution < -0.4 is 5.32 Å². The molecule has 0 bridgehead atoms. The maximum absolute atomic E-state index is 10.9. The van der Waals surface area contributed by atoms with E-state index in [-0.39, 0.29) is 27.0 Å². The molecule has 0 saturated carbocycles. The Hall–Kier alpha value is 0.118. The molecule has 0 spiro atoms. The zero-order valence-corrected chi connectivity index (χ0v) is 10.4. The number of carbonyl (C=O) groups is 1. The molecule has 3 nitrogen and oxygen atoms in total. The summed E-state index contributed by atoms with van der Waals surface area (Å²) in [5.41, 5.74) is 0. The predicted molar refractivity (Wildman–Crippen MR) is 44.1 cm³/mol. The molecule has 0 saturated heterocycles. The molecule has 0 aromatic carbocycles. The van der Waals surface area contributed by atoms with Crippen molar-refractivity contribution in [3.8, 4) is 0 Å². The third-order valence-electron chi connectivity index (χ3n) is 1.19. The van der Waals surface area contributed by atoms with Crippen LogP contribution in [0.3, 0.4) is 0 Å². The number of carbonyl (C=O) groups excluding carboxylic acids is 1. The number of hydrogen-bond donors (Lipinski definition) is 1. The van der Waals surface area contributed by atoms with Gasteiger partial charge in [-0.2, -0.15) is 0 Å². The van der Waals surface area contributed by atoms with Gasteiger partial charge in [0.1, 0.15) is 0 Å². The second-order valence-electron chi connectivity index (χ2n) is 2.21. The first-order chi connectivity index (χ1) is 5.31. The third-order valence-corrected chi connectivity index (χ3v) is 1.19. The summed E-state index contributed by atoms with van der Waals surface area (Å²) in [5, 5.41) is 2.75. The summed E-state index contributed by atoms with van der Waals surface area (Å²) < 4.78 is 4.91. The van der Waals surface area contributed by atoms with E-state index in [9.17, 15) is 4.79 Å². The summed E-state index contributed by atoms with van der Waals surface area (Å²) in [5.74, 6) is 0.0558. The van der Waals surface area contributed by atoms with Crippen molar-refractivity contribution in [3.05, 3.63) is 6.92 Å². The number of amides is 1. The van der Waals surface area contributed by atoms with Gasteiger partial charge in [-0.15, -0.1) is 0 Å². The Morgan fingerprint density at radius 2 is 2.25 bits per heavy atom. The summed E-state index contributed by atoms with van der Waals surface area (Å²) in [6.45, 7) is 7.17. The Morgan fingerprint density at radius 1 is 1.58 bits per heavy atom. The monoisotopic (exact) mass is 342 g/mol. The fourth-order valence-corrected chi connectivity index (χ4v) is 0.620. The van der Waals surface area contributed by atoms with E-state index in [1.165, 1.54) is 0 Å². The van der Waals surface area contributed by atoms with Crippen LogP contribution in [0.1, 0.15) is 19.8 Å². The van der Waals surface area contributed by atoms with Crippen molar-refractivity contribution in [1.82, 2.24) is 5.32 Å². The van der Waals surface area contributed by atoms with Crippen LogP contribution in [0.4, 0.5) is 0 Å². The van der Waals surface area contributed by atoms with Gasteiger partial charge in [0.05, 0.1) is 6.61 Å². The van der Waals surface area contributed by atoms with Gasteiger partial charge < -0.3 is 17.0 Å². The number of hydrogen-bond acceptors (Lipinski definition) is 2. The Morgan fingerprint density at radius 3 is 2.75 bits per heavy atom. The first-order valence-electron chi connectivity index (χ1n) is 3.95. The molecule has 0 heterocycles. The summed E-state index contributed by atoms with van der Waals surface area (Å²) in [6, 6.07) is 0. The molecule has 12 heavy (non-hydrogen) atoms. The van der Waals surface area contributed by atoms with Gasteiger partial charge in [-0.1, -0.05) is 13.5 Å². The maximum Gasteiger partial charge on any atom is 0.222 e. The van der Waals surface area contributed by atoms with Crippen LogP contribution in [0, 0.1) is 6.92 Å². The molecule has 0 aromatic heterocycles. The van der Waals surface area contributed by atoms with Gasteiger partial charge in [0.2, 0.25) is 5.91 Å². The molecule has 4 heteroatoms. The van der Waals surface area contributed by atoms with E-state index in [1.807, 2.05) is 6.92 Å². The van der Waals surface area contributed by atoms with Crippen LogP contribution in [0.5, 0.6) is 0 Å². The van der Waals surface area contributed by atoms with Crippen molar-refractivity contribution in [1.29, 1.82) is 0 Å². The molecule has 0 fully saturated rings. The largest absolute Gasteiger partial charge is 0.413 e. The molecular formula is C8H16NO2W-. The van der Waals surface area contributed by atoms with Crippen LogP contribution in [-0.2, 0) is 30.6 Å². The van der Waals surface area contributed by atoms with E-state index in [1.54, 1.807) is 0 Å². The minimum absolute atomic E-state index is 0. The van der Waals surface area contributed by atoms with Crippen molar-refractivity contribution >= 4 is 5.91 Å². The number of nitrogens with one attached hydrogen (secondary N) is 1. The van der Waals surface area contributed by atoms with Gasteiger partial charge in [-0.05, 0) is 6.42 Å². The van der Waals surface area contributed by atoms with Gasteiger partial charge in [0, 0.05) is 34.0 Å². The summed E-state index contributed by atoms with van der Waals surface area (Å²) >= 11 is 0. The standard InChI is InChI=1S/C8H16NO2.W/c1-3-6-9-8(10)5-7-11-4-2;/h2-7H2,1H3,(H,9,10);/q-1;. The minimum atomic E-state index is 0. The van der Waals surface area contributed by atoms with E-state index in [4.69, 9.17) is 4.74 Å². The quantitative estimate of drug-likeness (QED) is 0.572. The molecule has 1 N–H and O–H groups in total. The van der Waals surface area contributed by atoms with E-state index >= 15 is 0 Å². The molecule has 0 rings (SSSR count). The first kappa shape index (κ1) is 14.6. The summed E-state index contributed by atoms with van der Waals surface area (Å²) in [6.07, 6.45) is 1.41. The SMILES string of the molecule is [CH2-]COCCC(=O)NCCC.[W]. The van der Waals surface area contributed by atoms with Crippen molar-refractivity contribution in [3.63, 3.8) is 0 Å². The maximum atomic E-state index is 10.9. The summed E-state index contributed by atoms with van der Waals surface area (Å²) in [7, 11) is 0. The van der Waals surface area contributed by atoms with Crippen molar-refractivity contribution in [2.45, 2.75) is 19.8 Å². The molecule has 1 amide bonds. The third kappa shape index (κ3) is 10.1. The van der Waals surface area contributed by atoms with Crippen LogP contribution >= 0.6 is 0 Å².